The second-order valence-corrected chi connectivity index (χ2v) is 9.05. The molecule has 1 aromatic heterocycles. The lowest BCUT2D eigenvalue weighted by Crippen LogP contribution is -2.19. The first-order valence-corrected chi connectivity index (χ1v) is 10.8. The number of benzene rings is 1. The van der Waals surface area contributed by atoms with Crippen molar-refractivity contribution in [2.45, 2.75) is 11.4 Å². The zero-order chi connectivity index (χ0) is 20.9. The van der Waals surface area contributed by atoms with E-state index in [1.165, 1.54) is 36.7 Å². The summed E-state index contributed by atoms with van der Waals surface area (Å²) < 4.78 is 40.7. The first kappa shape index (κ1) is 22.0. The second-order valence-electron chi connectivity index (χ2n) is 6.04. The van der Waals surface area contributed by atoms with E-state index in [0.717, 1.165) is 15.6 Å². The Morgan fingerprint density at radius 2 is 1.89 bits per heavy atom. The molecule has 12 heteroatoms. The van der Waals surface area contributed by atoms with Crippen LogP contribution in [0.2, 0.25) is 0 Å². The number of aromatic nitrogens is 1. The van der Waals surface area contributed by atoms with Crippen LogP contribution in [-0.2, 0) is 30.6 Å². The second kappa shape index (κ2) is 8.82. The predicted molar refractivity (Wildman–Crippen MR) is 101 cm³/mol. The molecule has 28 heavy (non-hydrogen) atoms. The van der Waals surface area contributed by atoms with Gasteiger partial charge in [-0.1, -0.05) is 12.1 Å². The van der Waals surface area contributed by atoms with Gasteiger partial charge in [0.1, 0.15) is 0 Å². The average Bonchev–Trinajstić information content (AvgIpc) is 3.07. The molecule has 2 rings (SSSR count). The van der Waals surface area contributed by atoms with Gasteiger partial charge in [0.15, 0.2) is 0 Å². The number of amides is 1. The highest BCUT2D eigenvalue weighted by Gasteiger charge is 2.17. The Morgan fingerprint density at radius 1 is 1.25 bits per heavy atom. The molecule has 2 aromatic rings. The van der Waals surface area contributed by atoms with Crippen LogP contribution in [0.4, 0.5) is 0 Å². The lowest BCUT2D eigenvalue weighted by molar-refractivity contribution is -0.123. The maximum Gasteiger partial charge on any atom is 0.491 e. The van der Waals surface area contributed by atoms with Crippen LogP contribution in [0.3, 0.4) is 0 Å². The fraction of sp³-hybridized carbons (Fsp3) is 0.188. The summed E-state index contributed by atoms with van der Waals surface area (Å²) in [5.74, 6) is -0.921. The summed E-state index contributed by atoms with van der Waals surface area (Å²) in [6, 6.07) is 7.99. The van der Waals surface area contributed by atoms with Gasteiger partial charge in [-0.3, -0.25) is 4.79 Å². The highest BCUT2D eigenvalue weighted by molar-refractivity contribution is 7.90. The average molecular weight is 429 g/mol. The molecule has 0 fully saturated rings. The Balaban J connectivity index is 2.10. The molecule has 3 N–H and O–H groups in total. The molecule has 0 atom stereocenters. The van der Waals surface area contributed by atoms with Gasteiger partial charge >= 0.3 is 7.82 Å². The minimum absolute atomic E-state index is 0.119. The SMILES string of the molecule is CN(C)Cc1ccc(S(=O)(=O)n2ccc(/C=C/C(=O)NOP(=O)(O)O)c2)cc1. The maximum atomic E-state index is 12.7. The summed E-state index contributed by atoms with van der Waals surface area (Å²) in [6.07, 6.45) is 4.84. The van der Waals surface area contributed by atoms with Gasteiger partial charge in [0, 0.05) is 25.0 Å². The fourth-order valence-corrected chi connectivity index (χ4v) is 3.62. The van der Waals surface area contributed by atoms with E-state index in [4.69, 9.17) is 9.79 Å². The molecule has 152 valence electrons. The van der Waals surface area contributed by atoms with E-state index in [0.29, 0.717) is 12.1 Å². The molecular weight excluding hydrogens is 409 g/mol. The van der Waals surface area contributed by atoms with Crippen LogP contribution in [0.15, 0.2) is 53.7 Å². The number of phosphoric acid groups is 1. The highest BCUT2D eigenvalue weighted by Crippen LogP contribution is 2.33. The van der Waals surface area contributed by atoms with Gasteiger partial charge in [-0.25, -0.2) is 22.4 Å². The van der Waals surface area contributed by atoms with Crippen LogP contribution in [0, 0.1) is 0 Å². The van der Waals surface area contributed by atoms with Crippen molar-refractivity contribution in [2.24, 2.45) is 0 Å². The van der Waals surface area contributed by atoms with Crippen LogP contribution in [0.25, 0.3) is 6.08 Å². The van der Waals surface area contributed by atoms with E-state index in [2.05, 4.69) is 4.62 Å². The van der Waals surface area contributed by atoms with Crippen molar-refractivity contribution in [3.05, 3.63) is 59.9 Å². The van der Waals surface area contributed by atoms with Crippen molar-refractivity contribution >= 4 is 29.8 Å². The van der Waals surface area contributed by atoms with E-state index in [1.54, 1.807) is 17.6 Å². The van der Waals surface area contributed by atoms with Crippen LogP contribution in [-0.4, -0.2) is 47.1 Å². The maximum absolute atomic E-state index is 12.7. The van der Waals surface area contributed by atoms with E-state index in [9.17, 15) is 17.8 Å². The first-order valence-electron chi connectivity index (χ1n) is 7.87. The molecule has 1 aromatic carbocycles. The van der Waals surface area contributed by atoms with Gasteiger partial charge in [0.05, 0.1) is 4.90 Å². The monoisotopic (exact) mass is 429 g/mol. The first-order chi connectivity index (χ1) is 13.0. The smallest absolute Gasteiger partial charge is 0.305 e. The van der Waals surface area contributed by atoms with Gasteiger partial charge in [0.25, 0.3) is 15.9 Å². The standard InChI is InChI=1S/C16H20N3O7PS/c1-18(2)11-13-3-6-15(7-4-13)28(24,25)19-10-9-14(12-19)5-8-16(20)17-26-27(21,22)23/h3-10,12H,11H2,1-2H3,(H,17,20)(H2,21,22,23)/b8-5+. The molecule has 0 aliphatic rings. The fourth-order valence-electron chi connectivity index (χ4n) is 2.20. The highest BCUT2D eigenvalue weighted by atomic mass is 32.2. The lowest BCUT2D eigenvalue weighted by atomic mass is 10.2. The number of hydroxylamine groups is 1. The molecule has 1 heterocycles. The van der Waals surface area contributed by atoms with E-state index < -0.39 is 23.8 Å². The normalized spacial score (nSPS) is 12.6. The predicted octanol–water partition coefficient (Wildman–Crippen LogP) is 0.940. The van der Waals surface area contributed by atoms with E-state index in [-0.39, 0.29) is 4.90 Å². The zero-order valence-electron chi connectivity index (χ0n) is 15.1. The van der Waals surface area contributed by atoms with Crippen molar-refractivity contribution in [1.82, 2.24) is 14.4 Å². The molecule has 0 aliphatic carbocycles. The van der Waals surface area contributed by atoms with Crippen molar-refractivity contribution in [3.8, 4) is 0 Å². The molecule has 0 aliphatic heterocycles. The quantitative estimate of drug-likeness (QED) is 0.320. The molecule has 0 unspecified atom stereocenters. The van der Waals surface area contributed by atoms with Crippen LogP contribution < -0.4 is 5.48 Å². The number of hydrogen-bond donors (Lipinski definition) is 3. The van der Waals surface area contributed by atoms with Crippen molar-refractivity contribution < 1.29 is 32.2 Å². The minimum Gasteiger partial charge on any atom is -0.305 e. The van der Waals surface area contributed by atoms with Crippen molar-refractivity contribution in [1.29, 1.82) is 0 Å². The molecule has 0 saturated carbocycles. The molecular formula is C16H20N3O7PS. The summed E-state index contributed by atoms with van der Waals surface area (Å²) in [5.41, 5.74) is 2.92. The number of hydrogen-bond acceptors (Lipinski definition) is 6. The Bertz CT molecular complexity index is 1010. The van der Waals surface area contributed by atoms with Crippen LogP contribution in [0.1, 0.15) is 11.1 Å². The van der Waals surface area contributed by atoms with Crippen LogP contribution in [0.5, 0.6) is 0 Å². The molecule has 0 bridgehead atoms. The summed E-state index contributed by atoms with van der Waals surface area (Å²) in [6.45, 7) is 0.687. The third kappa shape index (κ3) is 6.41. The Kier molecular flexibility index (Phi) is 6.94. The number of carbonyl (C=O) groups excluding carboxylic acids is 1. The van der Waals surface area contributed by atoms with Gasteiger partial charge in [-0.2, -0.15) is 4.62 Å². The summed E-state index contributed by atoms with van der Waals surface area (Å²) in [5, 5.41) is 0. The van der Waals surface area contributed by atoms with E-state index in [1.807, 2.05) is 19.0 Å². The third-order valence-electron chi connectivity index (χ3n) is 3.38. The van der Waals surface area contributed by atoms with Crippen LogP contribution >= 0.6 is 7.82 Å². The summed E-state index contributed by atoms with van der Waals surface area (Å²) >= 11 is 0. The summed E-state index contributed by atoms with van der Waals surface area (Å²) in [4.78, 5) is 30.5. The van der Waals surface area contributed by atoms with Gasteiger partial charge < -0.3 is 14.7 Å². The van der Waals surface area contributed by atoms with E-state index >= 15 is 0 Å². The van der Waals surface area contributed by atoms with Crippen molar-refractivity contribution in [2.75, 3.05) is 14.1 Å². The minimum atomic E-state index is -4.83. The molecule has 0 spiro atoms. The Hall–Kier alpha value is -2.27. The number of rotatable bonds is 8. The topological polar surface area (TPSA) is 138 Å². The lowest BCUT2D eigenvalue weighted by Gasteiger charge is -2.10. The zero-order valence-corrected chi connectivity index (χ0v) is 16.8. The molecule has 10 nitrogen and oxygen atoms in total. The number of nitrogens with one attached hydrogen (secondary N) is 1. The third-order valence-corrected chi connectivity index (χ3v) is 5.36. The van der Waals surface area contributed by atoms with Gasteiger partial charge in [-0.05, 0) is 49.5 Å². The van der Waals surface area contributed by atoms with Gasteiger partial charge in [0.2, 0.25) is 0 Å². The number of nitrogens with zero attached hydrogens (tertiary/aromatic N) is 2. The molecule has 1 amide bonds. The molecule has 0 radical (unpaired) electrons. The largest absolute Gasteiger partial charge is 0.491 e. The van der Waals surface area contributed by atoms with Crippen molar-refractivity contribution in [3.63, 3.8) is 0 Å². The molecule has 0 saturated heterocycles. The summed E-state index contributed by atoms with van der Waals surface area (Å²) in [7, 11) is -4.79. The Labute approximate surface area is 162 Å². The number of carbonyl (C=O) groups is 1. The van der Waals surface area contributed by atoms with Gasteiger partial charge in [-0.15, -0.1) is 0 Å². The Morgan fingerprint density at radius 3 is 2.46 bits per heavy atom.